The molecule has 2 rings (SSSR count). The van der Waals surface area contributed by atoms with Crippen LogP contribution in [0.4, 0.5) is 11.4 Å². The monoisotopic (exact) mass is 255 g/mol. The molecule has 0 aliphatic heterocycles. The van der Waals surface area contributed by atoms with E-state index >= 15 is 0 Å². The van der Waals surface area contributed by atoms with Crippen LogP contribution in [0.15, 0.2) is 42.7 Å². The van der Waals surface area contributed by atoms with Gasteiger partial charge in [-0.25, -0.2) is 0 Å². The molecule has 0 saturated carbocycles. The molecule has 0 bridgehead atoms. The molecule has 98 valence electrons. The number of rotatable bonds is 4. The van der Waals surface area contributed by atoms with Crippen LogP contribution in [0, 0.1) is 6.92 Å². The highest BCUT2D eigenvalue weighted by Gasteiger charge is 2.04. The van der Waals surface area contributed by atoms with Gasteiger partial charge in [0, 0.05) is 25.4 Å². The van der Waals surface area contributed by atoms with E-state index < -0.39 is 0 Å². The first kappa shape index (κ1) is 13.1. The van der Waals surface area contributed by atoms with Gasteiger partial charge in [0.2, 0.25) is 5.91 Å². The Morgan fingerprint density at radius 1 is 1.21 bits per heavy atom. The normalized spacial score (nSPS) is 10.0. The molecule has 0 aliphatic carbocycles. The van der Waals surface area contributed by atoms with Gasteiger partial charge < -0.3 is 10.6 Å². The highest BCUT2D eigenvalue weighted by Crippen LogP contribution is 2.18. The highest BCUT2D eigenvalue weighted by molar-refractivity contribution is 5.89. The summed E-state index contributed by atoms with van der Waals surface area (Å²) in [6.45, 7) is 4.18. The summed E-state index contributed by atoms with van der Waals surface area (Å²) in [4.78, 5) is 15.2. The van der Waals surface area contributed by atoms with Gasteiger partial charge in [0.15, 0.2) is 0 Å². The Morgan fingerprint density at radius 3 is 2.74 bits per heavy atom. The Labute approximate surface area is 112 Å². The van der Waals surface area contributed by atoms with Crippen molar-refractivity contribution in [1.29, 1.82) is 0 Å². The second-order valence-electron chi connectivity index (χ2n) is 4.38. The minimum Gasteiger partial charge on any atom is -0.379 e. The van der Waals surface area contributed by atoms with Crippen LogP contribution in [0.2, 0.25) is 0 Å². The third-order valence-electron chi connectivity index (χ3n) is 2.84. The zero-order chi connectivity index (χ0) is 13.7. The number of hydrogen-bond donors (Lipinski definition) is 2. The summed E-state index contributed by atoms with van der Waals surface area (Å²) in [7, 11) is 0. The van der Waals surface area contributed by atoms with Gasteiger partial charge >= 0.3 is 0 Å². The smallest absolute Gasteiger partial charge is 0.221 e. The van der Waals surface area contributed by atoms with Crippen LogP contribution in [-0.2, 0) is 11.3 Å². The molecule has 1 amide bonds. The standard InChI is InChI=1S/C15H17N3O/c1-11-7-8-16-10-15(11)17-9-13-5-3-4-6-14(13)18-12(2)19/h3-8,10,17H,9H2,1-2H3,(H,18,19). The van der Waals surface area contributed by atoms with Gasteiger partial charge in [-0.2, -0.15) is 0 Å². The third-order valence-corrected chi connectivity index (χ3v) is 2.84. The molecular weight excluding hydrogens is 238 g/mol. The summed E-state index contributed by atoms with van der Waals surface area (Å²) in [6.07, 6.45) is 3.57. The molecule has 0 aliphatic rings. The maximum absolute atomic E-state index is 11.2. The van der Waals surface area contributed by atoms with Crippen molar-refractivity contribution < 1.29 is 4.79 Å². The minimum atomic E-state index is -0.0648. The van der Waals surface area contributed by atoms with E-state index in [9.17, 15) is 4.79 Å². The molecule has 4 heteroatoms. The zero-order valence-electron chi connectivity index (χ0n) is 11.1. The molecule has 2 N–H and O–H groups in total. The molecule has 0 atom stereocenters. The van der Waals surface area contributed by atoms with E-state index in [1.165, 1.54) is 6.92 Å². The summed E-state index contributed by atoms with van der Waals surface area (Å²) in [5, 5.41) is 6.16. The quantitative estimate of drug-likeness (QED) is 0.883. The van der Waals surface area contributed by atoms with Gasteiger partial charge in [0.1, 0.15) is 0 Å². The fraction of sp³-hybridized carbons (Fsp3) is 0.200. The van der Waals surface area contributed by atoms with Gasteiger partial charge in [-0.15, -0.1) is 0 Å². The number of amides is 1. The summed E-state index contributed by atoms with van der Waals surface area (Å²) in [5.41, 5.74) is 4.03. The van der Waals surface area contributed by atoms with E-state index in [0.717, 1.165) is 22.5 Å². The number of benzene rings is 1. The van der Waals surface area contributed by atoms with Gasteiger partial charge in [0.25, 0.3) is 0 Å². The molecule has 4 nitrogen and oxygen atoms in total. The number of nitrogens with one attached hydrogen (secondary N) is 2. The second kappa shape index (κ2) is 6.00. The second-order valence-corrected chi connectivity index (χ2v) is 4.38. The number of hydrogen-bond acceptors (Lipinski definition) is 3. The molecule has 0 spiro atoms. The Morgan fingerprint density at radius 2 is 2.00 bits per heavy atom. The number of anilines is 2. The Kier molecular flexibility index (Phi) is 4.13. The Bertz CT molecular complexity index is 581. The van der Waals surface area contributed by atoms with E-state index in [0.29, 0.717) is 6.54 Å². The number of pyridine rings is 1. The van der Waals surface area contributed by atoms with Crippen LogP contribution in [0.1, 0.15) is 18.1 Å². The molecule has 0 fully saturated rings. The molecule has 2 aromatic rings. The first-order valence-corrected chi connectivity index (χ1v) is 6.17. The van der Waals surface area contributed by atoms with E-state index in [4.69, 9.17) is 0 Å². The SMILES string of the molecule is CC(=O)Nc1ccccc1CNc1cnccc1C. The Hall–Kier alpha value is -2.36. The van der Waals surface area contributed by atoms with Gasteiger partial charge in [-0.3, -0.25) is 9.78 Å². The average molecular weight is 255 g/mol. The summed E-state index contributed by atoms with van der Waals surface area (Å²) < 4.78 is 0. The molecule has 1 aromatic heterocycles. The van der Waals surface area contributed by atoms with Crippen molar-refractivity contribution in [3.8, 4) is 0 Å². The van der Waals surface area contributed by atoms with Gasteiger partial charge in [-0.05, 0) is 30.2 Å². The van der Waals surface area contributed by atoms with Crippen molar-refractivity contribution in [3.05, 3.63) is 53.9 Å². The lowest BCUT2D eigenvalue weighted by Crippen LogP contribution is -2.10. The molecule has 1 aromatic carbocycles. The molecule has 0 radical (unpaired) electrons. The number of nitrogens with zero attached hydrogens (tertiary/aromatic N) is 1. The van der Waals surface area contributed by atoms with E-state index in [1.54, 1.807) is 12.4 Å². The van der Waals surface area contributed by atoms with E-state index in [-0.39, 0.29) is 5.91 Å². The van der Waals surface area contributed by atoms with Crippen LogP contribution >= 0.6 is 0 Å². The molecule has 19 heavy (non-hydrogen) atoms. The van der Waals surface area contributed by atoms with Crippen molar-refractivity contribution in [3.63, 3.8) is 0 Å². The molecule has 1 heterocycles. The number of aromatic nitrogens is 1. The molecular formula is C15H17N3O. The number of carbonyl (C=O) groups is 1. The maximum Gasteiger partial charge on any atom is 0.221 e. The average Bonchev–Trinajstić information content (AvgIpc) is 2.39. The van der Waals surface area contributed by atoms with Crippen molar-refractivity contribution in [2.24, 2.45) is 0 Å². The van der Waals surface area contributed by atoms with Crippen molar-refractivity contribution in [2.45, 2.75) is 20.4 Å². The summed E-state index contributed by atoms with van der Waals surface area (Å²) in [5.74, 6) is -0.0648. The topological polar surface area (TPSA) is 54.0 Å². The number of para-hydroxylation sites is 1. The van der Waals surface area contributed by atoms with Gasteiger partial charge in [0.05, 0.1) is 11.9 Å². The first-order valence-electron chi connectivity index (χ1n) is 6.17. The van der Waals surface area contributed by atoms with Crippen molar-refractivity contribution >= 4 is 17.3 Å². The van der Waals surface area contributed by atoms with Crippen LogP contribution < -0.4 is 10.6 Å². The lowest BCUT2D eigenvalue weighted by Gasteiger charge is -2.12. The zero-order valence-corrected chi connectivity index (χ0v) is 11.1. The van der Waals surface area contributed by atoms with E-state index in [2.05, 4.69) is 15.6 Å². The molecule has 0 saturated heterocycles. The van der Waals surface area contributed by atoms with Crippen LogP contribution in [-0.4, -0.2) is 10.9 Å². The lowest BCUT2D eigenvalue weighted by atomic mass is 10.1. The highest BCUT2D eigenvalue weighted by atomic mass is 16.1. The predicted octanol–water partition coefficient (Wildman–Crippen LogP) is 2.96. The fourth-order valence-corrected chi connectivity index (χ4v) is 1.83. The minimum absolute atomic E-state index is 0.0648. The van der Waals surface area contributed by atoms with Crippen LogP contribution in [0.3, 0.4) is 0 Å². The number of carbonyl (C=O) groups excluding carboxylic acids is 1. The lowest BCUT2D eigenvalue weighted by molar-refractivity contribution is -0.114. The van der Waals surface area contributed by atoms with E-state index in [1.807, 2.05) is 37.3 Å². The predicted molar refractivity (Wildman–Crippen MR) is 77.0 cm³/mol. The van der Waals surface area contributed by atoms with Crippen LogP contribution in [0.25, 0.3) is 0 Å². The molecule has 0 unspecified atom stereocenters. The van der Waals surface area contributed by atoms with Crippen molar-refractivity contribution in [1.82, 2.24) is 4.98 Å². The maximum atomic E-state index is 11.2. The van der Waals surface area contributed by atoms with Gasteiger partial charge in [-0.1, -0.05) is 18.2 Å². The van der Waals surface area contributed by atoms with Crippen molar-refractivity contribution in [2.75, 3.05) is 10.6 Å². The third kappa shape index (κ3) is 3.55. The van der Waals surface area contributed by atoms with Crippen LogP contribution in [0.5, 0.6) is 0 Å². The summed E-state index contributed by atoms with van der Waals surface area (Å²) >= 11 is 0. The fourth-order valence-electron chi connectivity index (χ4n) is 1.83. The first-order chi connectivity index (χ1) is 9.16. The largest absolute Gasteiger partial charge is 0.379 e. The number of aryl methyl sites for hydroxylation is 1. The summed E-state index contributed by atoms with van der Waals surface area (Å²) in [6, 6.07) is 9.71. The Balaban J connectivity index is 2.11.